The van der Waals surface area contributed by atoms with Crippen molar-refractivity contribution >= 4 is 5.91 Å². The quantitative estimate of drug-likeness (QED) is 0.779. The van der Waals surface area contributed by atoms with E-state index in [-0.39, 0.29) is 11.3 Å². The molecule has 1 fully saturated rings. The summed E-state index contributed by atoms with van der Waals surface area (Å²) >= 11 is 0. The average Bonchev–Trinajstić information content (AvgIpc) is 2.79. The minimum absolute atomic E-state index is 0.212. The second kappa shape index (κ2) is 5.67. The van der Waals surface area contributed by atoms with E-state index in [2.05, 4.69) is 0 Å². The molecule has 0 bridgehead atoms. The van der Waals surface area contributed by atoms with Gasteiger partial charge in [-0.2, -0.15) is 0 Å². The molecule has 0 heterocycles. The summed E-state index contributed by atoms with van der Waals surface area (Å²) in [6.07, 6.45) is 6.03. The van der Waals surface area contributed by atoms with Gasteiger partial charge in [0.25, 0.3) is 0 Å². The largest absolute Gasteiger partial charge is 0.345 e. The van der Waals surface area contributed by atoms with Gasteiger partial charge in [0.15, 0.2) is 0 Å². The highest BCUT2D eigenvalue weighted by Crippen LogP contribution is 2.27. The minimum atomic E-state index is -0.368. The summed E-state index contributed by atoms with van der Waals surface area (Å²) in [7, 11) is 1.92. The maximum Gasteiger partial charge on any atom is 0.229 e. The van der Waals surface area contributed by atoms with E-state index in [4.69, 9.17) is 5.73 Å². The van der Waals surface area contributed by atoms with Crippen molar-refractivity contribution < 1.29 is 4.79 Å². The lowest BCUT2D eigenvalue weighted by atomic mass is 9.86. The molecule has 2 N–H and O–H groups in total. The number of rotatable bonds is 5. The van der Waals surface area contributed by atoms with Gasteiger partial charge in [-0.25, -0.2) is 0 Å². The van der Waals surface area contributed by atoms with Crippen molar-refractivity contribution in [3.8, 4) is 0 Å². The molecule has 1 aliphatic rings. The predicted molar refractivity (Wildman–Crippen MR) is 67.0 cm³/mol. The van der Waals surface area contributed by atoms with E-state index in [0.717, 1.165) is 13.0 Å². The number of hydrogen-bond acceptors (Lipinski definition) is 2. The van der Waals surface area contributed by atoms with Crippen molar-refractivity contribution in [3.63, 3.8) is 0 Å². The molecule has 0 aromatic heterocycles. The first-order chi connectivity index (χ1) is 7.53. The zero-order valence-electron chi connectivity index (χ0n) is 11.0. The van der Waals surface area contributed by atoms with Gasteiger partial charge in [0.2, 0.25) is 5.91 Å². The van der Waals surface area contributed by atoms with Crippen LogP contribution in [0.5, 0.6) is 0 Å². The van der Waals surface area contributed by atoms with Crippen LogP contribution in [-0.4, -0.2) is 30.9 Å². The maximum absolute atomic E-state index is 12.3. The van der Waals surface area contributed by atoms with Gasteiger partial charge in [-0.05, 0) is 32.1 Å². The molecule has 1 atom stereocenters. The fourth-order valence-corrected chi connectivity index (χ4v) is 2.51. The van der Waals surface area contributed by atoms with Crippen LogP contribution in [0.1, 0.15) is 46.0 Å². The molecule has 1 unspecified atom stereocenters. The molecule has 0 saturated heterocycles. The van der Waals surface area contributed by atoms with Gasteiger partial charge in [-0.1, -0.05) is 19.8 Å². The SMILES string of the molecule is CCC(C)(CN)C(=O)N(C)CC1CCCC1. The Morgan fingerprint density at radius 2 is 2.00 bits per heavy atom. The molecular weight excluding hydrogens is 200 g/mol. The number of nitrogens with two attached hydrogens (primary N) is 1. The van der Waals surface area contributed by atoms with Crippen molar-refractivity contribution in [1.82, 2.24) is 4.90 Å². The third-order valence-electron chi connectivity index (χ3n) is 4.10. The smallest absolute Gasteiger partial charge is 0.229 e. The summed E-state index contributed by atoms with van der Waals surface area (Å²) in [5.74, 6) is 0.928. The zero-order valence-corrected chi connectivity index (χ0v) is 11.0. The molecule has 94 valence electrons. The van der Waals surface area contributed by atoms with Crippen LogP contribution >= 0.6 is 0 Å². The Labute approximate surface area is 99.4 Å². The molecule has 3 nitrogen and oxygen atoms in total. The molecule has 0 radical (unpaired) electrons. The summed E-state index contributed by atoms with van der Waals surface area (Å²) in [5, 5.41) is 0. The van der Waals surface area contributed by atoms with Crippen molar-refractivity contribution in [2.75, 3.05) is 20.1 Å². The fraction of sp³-hybridized carbons (Fsp3) is 0.923. The van der Waals surface area contributed by atoms with E-state index >= 15 is 0 Å². The van der Waals surface area contributed by atoms with Crippen molar-refractivity contribution in [3.05, 3.63) is 0 Å². The minimum Gasteiger partial charge on any atom is -0.345 e. The number of amides is 1. The summed E-state index contributed by atoms with van der Waals surface area (Å²) in [6.45, 7) is 5.36. The van der Waals surface area contributed by atoms with Gasteiger partial charge >= 0.3 is 0 Å². The van der Waals surface area contributed by atoms with Crippen molar-refractivity contribution in [2.24, 2.45) is 17.1 Å². The molecule has 1 amide bonds. The molecule has 0 aromatic carbocycles. The molecule has 0 aliphatic heterocycles. The summed E-state index contributed by atoms with van der Waals surface area (Å²) < 4.78 is 0. The Morgan fingerprint density at radius 3 is 2.44 bits per heavy atom. The topological polar surface area (TPSA) is 46.3 Å². The Morgan fingerprint density at radius 1 is 1.44 bits per heavy atom. The summed E-state index contributed by atoms with van der Waals surface area (Å²) in [6, 6.07) is 0. The molecule has 0 spiro atoms. The Kier molecular flexibility index (Phi) is 4.78. The van der Waals surface area contributed by atoms with Gasteiger partial charge in [0.1, 0.15) is 0 Å². The van der Waals surface area contributed by atoms with Gasteiger partial charge < -0.3 is 10.6 Å². The second-order valence-electron chi connectivity index (χ2n) is 5.45. The van der Waals surface area contributed by atoms with Crippen molar-refractivity contribution in [1.29, 1.82) is 0 Å². The molecular formula is C13H26N2O. The van der Waals surface area contributed by atoms with Crippen LogP contribution in [0.3, 0.4) is 0 Å². The van der Waals surface area contributed by atoms with Crippen LogP contribution in [0.4, 0.5) is 0 Å². The monoisotopic (exact) mass is 226 g/mol. The van der Waals surface area contributed by atoms with E-state index in [1.807, 2.05) is 25.8 Å². The van der Waals surface area contributed by atoms with Crippen LogP contribution in [-0.2, 0) is 4.79 Å². The second-order valence-corrected chi connectivity index (χ2v) is 5.45. The van der Waals surface area contributed by atoms with Crippen LogP contribution in [0.25, 0.3) is 0 Å². The Bertz CT molecular complexity index is 230. The number of nitrogens with zero attached hydrogens (tertiary/aromatic N) is 1. The van der Waals surface area contributed by atoms with Crippen molar-refractivity contribution in [2.45, 2.75) is 46.0 Å². The van der Waals surface area contributed by atoms with Crippen LogP contribution in [0, 0.1) is 11.3 Å². The number of carbonyl (C=O) groups is 1. The van der Waals surface area contributed by atoms with E-state index < -0.39 is 0 Å². The highest BCUT2D eigenvalue weighted by Gasteiger charge is 2.33. The van der Waals surface area contributed by atoms with Gasteiger partial charge in [-0.15, -0.1) is 0 Å². The van der Waals surface area contributed by atoms with Gasteiger partial charge in [0.05, 0.1) is 5.41 Å². The predicted octanol–water partition coefficient (Wildman–Crippen LogP) is 2.01. The number of carbonyl (C=O) groups excluding carboxylic acids is 1. The average molecular weight is 226 g/mol. The standard InChI is InChI=1S/C13H26N2O/c1-4-13(2,10-14)12(16)15(3)9-11-7-5-6-8-11/h11H,4-10,14H2,1-3H3. The molecule has 0 aromatic rings. The van der Waals surface area contributed by atoms with E-state index in [0.29, 0.717) is 12.5 Å². The summed E-state index contributed by atoms with van der Waals surface area (Å²) in [5.41, 5.74) is 5.35. The molecule has 1 aliphatic carbocycles. The first-order valence-corrected chi connectivity index (χ1v) is 6.49. The first kappa shape index (κ1) is 13.5. The fourth-order valence-electron chi connectivity index (χ4n) is 2.51. The van der Waals surface area contributed by atoms with Gasteiger partial charge in [-0.3, -0.25) is 4.79 Å². The first-order valence-electron chi connectivity index (χ1n) is 6.49. The summed E-state index contributed by atoms with van der Waals surface area (Å²) in [4.78, 5) is 14.2. The Balaban J connectivity index is 2.51. The lowest BCUT2D eigenvalue weighted by Gasteiger charge is -2.32. The molecule has 1 rings (SSSR count). The lowest BCUT2D eigenvalue weighted by Crippen LogP contribution is -2.45. The van der Waals surface area contributed by atoms with Crippen LogP contribution in [0.15, 0.2) is 0 Å². The van der Waals surface area contributed by atoms with E-state index in [9.17, 15) is 4.79 Å². The van der Waals surface area contributed by atoms with Gasteiger partial charge in [0, 0.05) is 20.1 Å². The Hall–Kier alpha value is -0.570. The maximum atomic E-state index is 12.3. The van der Waals surface area contributed by atoms with E-state index in [1.165, 1.54) is 25.7 Å². The lowest BCUT2D eigenvalue weighted by molar-refractivity contribution is -0.140. The van der Waals surface area contributed by atoms with Crippen LogP contribution < -0.4 is 5.73 Å². The highest BCUT2D eigenvalue weighted by molar-refractivity contribution is 5.82. The normalized spacial score (nSPS) is 20.8. The molecule has 16 heavy (non-hydrogen) atoms. The highest BCUT2D eigenvalue weighted by atomic mass is 16.2. The van der Waals surface area contributed by atoms with E-state index in [1.54, 1.807) is 0 Å². The zero-order chi connectivity index (χ0) is 12.2. The molecule has 1 saturated carbocycles. The third kappa shape index (κ3) is 2.97. The van der Waals surface area contributed by atoms with Crippen LogP contribution in [0.2, 0.25) is 0 Å². The molecule has 3 heteroatoms. The third-order valence-corrected chi connectivity index (χ3v) is 4.10. The number of hydrogen-bond donors (Lipinski definition) is 1.